The highest BCUT2D eigenvalue weighted by atomic mass is 16.5. The number of aryl methyl sites for hydroxylation is 1. The third-order valence-electron chi connectivity index (χ3n) is 5.42. The molecule has 7 nitrogen and oxygen atoms in total. The van der Waals surface area contributed by atoms with Crippen LogP contribution in [0.5, 0.6) is 5.75 Å². The van der Waals surface area contributed by atoms with Crippen molar-refractivity contribution < 1.29 is 13.9 Å². The Morgan fingerprint density at radius 2 is 1.75 bits per heavy atom. The maximum absolute atomic E-state index is 12.8. The first kappa shape index (κ1) is 21.2. The molecule has 3 aromatic rings. The monoisotopic (exact) mass is 428 g/mol. The van der Waals surface area contributed by atoms with Gasteiger partial charge in [-0.1, -0.05) is 29.8 Å². The van der Waals surface area contributed by atoms with Gasteiger partial charge in [-0.25, -0.2) is 0 Å². The minimum Gasteiger partial charge on any atom is -0.497 e. The number of benzene rings is 2. The average Bonchev–Trinajstić information content (AvgIpc) is 3.27. The average molecular weight is 428 g/mol. The van der Waals surface area contributed by atoms with E-state index in [1.54, 1.807) is 42.4 Å². The van der Waals surface area contributed by atoms with Gasteiger partial charge in [0, 0.05) is 37.8 Å². The molecule has 0 spiro atoms. The van der Waals surface area contributed by atoms with Gasteiger partial charge in [-0.15, -0.1) is 0 Å². The number of hydrogen-bond donors (Lipinski definition) is 0. The molecule has 1 aliphatic heterocycles. The summed E-state index contributed by atoms with van der Waals surface area (Å²) in [5, 5.41) is 9.51. The van der Waals surface area contributed by atoms with Crippen molar-refractivity contribution in [2.45, 2.75) is 6.92 Å². The van der Waals surface area contributed by atoms with E-state index in [9.17, 15) is 10.1 Å². The van der Waals surface area contributed by atoms with E-state index < -0.39 is 0 Å². The first-order chi connectivity index (χ1) is 15.6. The topological polar surface area (TPSA) is 82.6 Å². The van der Waals surface area contributed by atoms with Crippen LogP contribution in [-0.2, 0) is 0 Å². The molecular formula is C25H24N4O3. The number of piperazine rings is 1. The Hall–Kier alpha value is -4.05. The number of nitriles is 1. The Balaban J connectivity index is 1.42. The number of carbonyl (C=O) groups excluding carboxylic acids is 1. The van der Waals surface area contributed by atoms with Crippen LogP contribution in [0.3, 0.4) is 0 Å². The highest BCUT2D eigenvalue weighted by molar-refractivity contribution is 5.94. The van der Waals surface area contributed by atoms with Crippen LogP contribution >= 0.6 is 0 Å². The summed E-state index contributed by atoms with van der Waals surface area (Å²) in [5.74, 6) is 1.53. The van der Waals surface area contributed by atoms with Gasteiger partial charge < -0.3 is 19.0 Å². The summed E-state index contributed by atoms with van der Waals surface area (Å²) in [5.41, 5.74) is 3.10. The quantitative estimate of drug-likeness (QED) is 0.611. The summed E-state index contributed by atoms with van der Waals surface area (Å²) in [6.45, 7) is 4.23. The van der Waals surface area contributed by atoms with Crippen molar-refractivity contribution in [2.24, 2.45) is 0 Å². The fourth-order valence-corrected chi connectivity index (χ4v) is 3.56. The zero-order valence-electron chi connectivity index (χ0n) is 18.1. The van der Waals surface area contributed by atoms with Gasteiger partial charge in [0.05, 0.1) is 7.11 Å². The van der Waals surface area contributed by atoms with Gasteiger partial charge in [0.2, 0.25) is 17.5 Å². The van der Waals surface area contributed by atoms with Crippen LogP contribution in [0, 0.1) is 18.3 Å². The number of hydrogen-bond acceptors (Lipinski definition) is 6. The summed E-state index contributed by atoms with van der Waals surface area (Å²) in [6, 6.07) is 17.3. The normalized spacial score (nSPS) is 13.9. The first-order valence-corrected chi connectivity index (χ1v) is 10.4. The Kier molecular flexibility index (Phi) is 6.22. The van der Waals surface area contributed by atoms with E-state index in [0.717, 1.165) is 5.56 Å². The molecule has 0 bridgehead atoms. The second-order valence-electron chi connectivity index (χ2n) is 7.57. The number of amides is 1. The Labute approximate surface area is 187 Å². The van der Waals surface area contributed by atoms with E-state index in [-0.39, 0.29) is 11.6 Å². The number of nitrogens with zero attached hydrogens (tertiary/aromatic N) is 4. The first-order valence-electron chi connectivity index (χ1n) is 10.4. The fraction of sp³-hybridized carbons (Fsp3) is 0.240. The van der Waals surface area contributed by atoms with Gasteiger partial charge in [0.15, 0.2) is 0 Å². The van der Waals surface area contributed by atoms with E-state index in [2.05, 4.69) is 11.1 Å². The lowest BCUT2D eigenvalue weighted by Crippen LogP contribution is -2.48. The number of methoxy groups -OCH3 is 1. The molecule has 1 amide bonds. The van der Waals surface area contributed by atoms with Crippen LogP contribution < -0.4 is 9.64 Å². The summed E-state index contributed by atoms with van der Waals surface area (Å²) >= 11 is 0. The molecule has 7 heteroatoms. The highest BCUT2D eigenvalue weighted by Gasteiger charge is 2.26. The fourth-order valence-electron chi connectivity index (χ4n) is 3.56. The van der Waals surface area contributed by atoms with Crippen molar-refractivity contribution >= 4 is 23.9 Å². The van der Waals surface area contributed by atoms with Crippen molar-refractivity contribution in [3.05, 3.63) is 76.8 Å². The Bertz CT molecular complexity index is 1150. The molecule has 1 aliphatic rings. The van der Waals surface area contributed by atoms with Crippen molar-refractivity contribution in [2.75, 3.05) is 38.2 Å². The lowest BCUT2D eigenvalue weighted by molar-refractivity contribution is 0.0745. The van der Waals surface area contributed by atoms with Crippen molar-refractivity contribution in [1.82, 2.24) is 9.88 Å². The second-order valence-corrected chi connectivity index (χ2v) is 7.57. The molecule has 0 atom stereocenters. The lowest BCUT2D eigenvalue weighted by Gasteiger charge is -2.34. The van der Waals surface area contributed by atoms with Crippen LogP contribution in [0.25, 0.3) is 12.2 Å². The molecule has 0 N–H and O–H groups in total. The summed E-state index contributed by atoms with van der Waals surface area (Å²) in [6.07, 6.45) is 3.67. The number of ether oxygens (including phenoxy) is 1. The van der Waals surface area contributed by atoms with Gasteiger partial charge >= 0.3 is 0 Å². The summed E-state index contributed by atoms with van der Waals surface area (Å²) in [4.78, 5) is 20.9. The predicted octanol–water partition coefficient (Wildman–Crippen LogP) is 4.00. The van der Waals surface area contributed by atoms with Crippen LogP contribution in [0.2, 0.25) is 0 Å². The van der Waals surface area contributed by atoms with Gasteiger partial charge in [0.1, 0.15) is 11.8 Å². The molecule has 1 aromatic heterocycles. The van der Waals surface area contributed by atoms with E-state index in [0.29, 0.717) is 49.3 Å². The van der Waals surface area contributed by atoms with E-state index in [4.69, 9.17) is 9.15 Å². The Morgan fingerprint density at radius 3 is 2.38 bits per heavy atom. The van der Waals surface area contributed by atoms with Crippen molar-refractivity contribution in [3.8, 4) is 11.8 Å². The van der Waals surface area contributed by atoms with E-state index in [1.807, 2.05) is 42.2 Å². The molecule has 0 aliphatic carbocycles. The molecule has 2 heterocycles. The number of carbonyl (C=O) groups is 1. The number of aromatic nitrogens is 1. The molecule has 0 radical (unpaired) electrons. The smallest absolute Gasteiger partial charge is 0.253 e. The van der Waals surface area contributed by atoms with Crippen LogP contribution in [0.1, 0.15) is 33.1 Å². The third kappa shape index (κ3) is 4.65. The SMILES string of the molecule is COc1ccc(C(=O)N2CCN(c3oc(/C=C/c4ccc(C)cc4)nc3C#N)CC2)cc1. The van der Waals surface area contributed by atoms with E-state index >= 15 is 0 Å². The minimum atomic E-state index is -0.0212. The molecule has 162 valence electrons. The van der Waals surface area contributed by atoms with E-state index in [1.165, 1.54) is 5.56 Å². The summed E-state index contributed by atoms with van der Waals surface area (Å²) in [7, 11) is 1.60. The van der Waals surface area contributed by atoms with Crippen LogP contribution in [0.15, 0.2) is 52.9 Å². The molecule has 1 saturated heterocycles. The number of anilines is 1. The number of rotatable bonds is 5. The van der Waals surface area contributed by atoms with Crippen molar-refractivity contribution in [3.63, 3.8) is 0 Å². The molecular weight excluding hydrogens is 404 g/mol. The zero-order chi connectivity index (χ0) is 22.5. The highest BCUT2D eigenvalue weighted by Crippen LogP contribution is 2.25. The third-order valence-corrected chi connectivity index (χ3v) is 5.42. The van der Waals surface area contributed by atoms with Gasteiger partial charge in [-0.3, -0.25) is 4.79 Å². The number of oxazole rings is 1. The molecule has 1 fully saturated rings. The molecule has 4 rings (SSSR count). The van der Waals surface area contributed by atoms with Crippen LogP contribution in [-0.4, -0.2) is 49.1 Å². The van der Waals surface area contributed by atoms with Gasteiger partial charge in [-0.2, -0.15) is 10.2 Å². The maximum Gasteiger partial charge on any atom is 0.253 e. The largest absolute Gasteiger partial charge is 0.497 e. The Morgan fingerprint density at radius 1 is 1.06 bits per heavy atom. The van der Waals surface area contributed by atoms with Crippen LogP contribution in [0.4, 0.5) is 5.88 Å². The zero-order valence-corrected chi connectivity index (χ0v) is 18.1. The van der Waals surface area contributed by atoms with Crippen molar-refractivity contribution in [1.29, 1.82) is 5.26 Å². The maximum atomic E-state index is 12.8. The van der Waals surface area contributed by atoms with Gasteiger partial charge in [-0.05, 0) is 42.8 Å². The molecule has 0 unspecified atom stereocenters. The lowest BCUT2D eigenvalue weighted by atomic mass is 10.1. The predicted molar refractivity (Wildman–Crippen MR) is 122 cm³/mol. The second kappa shape index (κ2) is 9.40. The molecule has 2 aromatic carbocycles. The molecule has 32 heavy (non-hydrogen) atoms. The molecule has 0 saturated carbocycles. The standard InChI is InChI=1S/C25H24N4O3/c1-18-3-5-19(6-4-18)7-12-23-27-22(17-26)25(32-23)29-15-13-28(14-16-29)24(30)20-8-10-21(31-2)11-9-20/h3-12H,13-16H2,1-2H3/b12-7+. The minimum absolute atomic E-state index is 0.0212. The summed E-state index contributed by atoms with van der Waals surface area (Å²) < 4.78 is 11.0. The van der Waals surface area contributed by atoms with Gasteiger partial charge in [0.25, 0.3) is 5.91 Å².